The molecule has 5 nitrogen and oxygen atoms in total. The Morgan fingerprint density at radius 1 is 1.71 bits per heavy atom. The van der Waals surface area contributed by atoms with Gasteiger partial charge >= 0.3 is 5.97 Å². The maximum absolute atomic E-state index is 10.7. The zero-order chi connectivity index (χ0) is 12.7. The highest BCUT2D eigenvalue weighted by Gasteiger charge is 2.22. The van der Waals surface area contributed by atoms with Crippen molar-refractivity contribution >= 4 is 5.97 Å². The lowest BCUT2D eigenvalue weighted by Crippen LogP contribution is -2.48. The molecule has 5 heteroatoms. The second kappa shape index (κ2) is 7.42. The van der Waals surface area contributed by atoms with Crippen LogP contribution in [0.15, 0.2) is 12.7 Å². The third kappa shape index (κ3) is 5.30. The zero-order valence-electron chi connectivity index (χ0n) is 10.5. The number of aliphatic carboxylic acids is 1. The average molecular weight is 242 g/mol. The van der Waals surface area contributed by atoms with Crippen LogP contribution < -0.4 is 0 Å². The van der Waals surface area contributed by atoms with Crippen LogP contribution in [0.5, 0.6) is 0 Å². The number of rotatable bonds is 7. The Balaban J connectivity index is 2.42. The molecule has 1 aliphatic rings. The van der Waals surface area contributed by atoms with Gasteiger partial charge in [-0.3, -0.25) is 14.6 Å². The van der Waals surface area contributed by atoms with Crippen molar-refractivity contribution in [1.82, 2.24) is 9.80 Å². The van der Waals surface area contributed by atoms with Crippen LogP contribution in [0, 0.1) is 0 Å². The average Bonchev–Trinajstić information content (AvgIpc) is 2.29. The van der Waals surface area contributed by atoms with Crippen molar-refractivity contribution in [2.75, 3.05) is 45.9 Å². The van der Waals surface area contributed by atoms with Gasteiger partial charge in [0.25, 0.3) is 0 Å². The Kier molecular flexibility index (Phi) is 6.18. The molecule has 0 amide bonds. The lowest BCUT2D eigenvalue weighted by molar-refractivity contribution is -0.138. The normalized spacial score (nSPS) is 21.6. The molecule has 0 spiro atoms. The van der Waals surface area contributed by atoms with Gasteiger partial charge in [-0.15, -0.1) is 6.58 Å². The van der Waals surface area contributed by atoms with Crippen molar-refractivity contribution < 1.29 is 14.6 Å². The molecule has 98 valence electrons. The van der Waals surface area contributed by atoms with Gasteiger partial charge in [-0.2, -0.15) is 0 Å². The fourth-order valence-electron chi connectivity index (χ4n) is 2.04. The first-order valence-electron chi connectivity index (χ1n) is 6.04. The number of hydrogen-bond acceptors (Lipinski definition) is 4. The standard InChI is InChI=1S/C12H22N2O3/c1-3-5-14(10-12(15)16)9-11-8-13(4-2)6-7-17-11/h3,11H,1,4-10H2,2H3,(H,15,16). The van der Waals surface area contributed by atoms with E-state index in [9.17, 15) is 4.79 Å². The minimum atomic E-state index is -0.810. The summed E-state index contributed by atoms with van der Waals surface area (Å²) in [5, 5.41) is 8.81. The predicted molar refractivity (Wildman–Crippen MR) is 66.1 cm³/mol. The van der Waals surface area contributed by atoms with Crippen LogP contribution in [0.2, 0.25) is 0 Å². The Morgan fingerprint density at radius 3 is 3.06 bits per heavy atom. The minimum Gasteiger partial charge on any atom is -0.480 e. The second-order valence-electron chi connectivity index (χ2n) is 4.26. The van der Waals surface area contributed by atoms with E-state index in [4.69, 9.17) is 9.84 Å². The van der Waals surface area contributed by atoms with Gasteiger partial charge < -0.3 is 9.84 Å². The molecule has 1 rings (SSSR count). The molecule has 1 N–H and O–H groups in total. The van der Waals surface area contributed by atoms with Crippen molar-refractivity contribution in [2.45, 2.75) is 13.0 Å². The number of carboxylic acids is 1. The van der Waals surface area contributed by atoms with E-state index in [2.05, 4.69) is 18.4 Å². The summed E-state index contributed by atoms with van der Waals surface area (Å²) in [6.07, 6.45) is 1.83. The summed E-state index contributed by atoms with van der Waals surface area (Å²) in [4.78, 5) is 14.9. The highest BCUT2D eigenvalue weighted by atomic mass is 16.5. The van der Waals surface area contributed by atoms with Crippen molar-refractivity contribution in [1.29, 1.82) is 0 Å². The number of nitrogens with zero attached hydrogens (tertiary/aromatic N) is 2. The summed E-state index contributed by atoms with van der Waals surface area (Å²) in [6, 6.07) is 0. The van der Waals surface area contributed by atoms with Crippen LogP contribution in [0.4, 0.5) is 0 Å². The summed E-state index contributed by atoms with van der Waals surface area (Å²) in [6.45, 7) is 10.6. The third-order valence-electron chi connectivity index (χ3n) is 2.88. The van der Waals surface area contributed by atoms with E-state index in [1.807, 2.05) is 4.90 Å². The molecule has 0 radical (unpaired) electrons. The molecular formula is C12H22N2O3. The number of likely N-dealkylation sites (N-methyl/N-ethyl adjacent to an activating group) is 1. The predicted octanol–water partition coefficient (Wildman–Crippen LogP) is 0.280. The molecule has 1 atom stereocenters. The van der Waals surface area contributed by atoms with E-state index in [1.54, 1.807) is 6.08 Å². The highest BCUT2D eigenvalue weighted by molar-refractivity contribution is 5.69. The van der Waals surface area contributed by atoms with E-state index in [-0.39, 0.29) is 12.6 Å². The summed E-state index contributed by atoms with van der Waals surface area (Å²) < 4.78 is 5.66. The Labute approximate surface area is 103 Å². The number of carbonyl (C=O) groups is 1. The first kappa shape index (κ1) is 14.2. The van der Waals surface area contributed by atoms with Crippen LogP contribution in [0.3, 0.4) is 0 Å². The molecule has 1 heterocycles. The van der Waals surface area contributed by atoms with Crippen molar-refractivity contribution in [3.05, 3.63) is 12.7 Å². The topological polar surface area (TPSA) is 53.0 Å². The molecule has 1 unspecified atom stereocenters. The van der Waals surface area contributed by atoms with E-state index < -0.39 is 5.97 Å². The van der Waals surface area contributed by atoms with Gasteiger partial charge in [-0.05, 0) is 6.54 Å². The quantitative estimate of drug-likeness (QED) is 0.650. The fourth-order valence-corrected chi connectivity index (χ4v) is 2.04. The van der Waals surface area contributed by atoms with Crippen LogP contribution in [-0.2, 0) is 9.53 Å². The fraction of sp³-hybridized carbons (Fsp3) is 0.750. The number of morpholine rings is 1. The maximum Gasteiger partial charge on any atom is 0.317 e. The molecule has 1 aliphatic heterocycles. The molecule has 0 saturated carbocycles. The number of carboxylic acid groups (broad SMARTS) is 1. The van der Waals surface area contributed by atoms with Gasteiger partial charge in [-0.25, -0.2) is 0 Å². The molecule has 0 aromatic carbocycles. The van der Waals surface area contributed by atoms with Gasteiger partial charge in [0.1, 0.15) is 0 Å². The largest absolute Gasteiger partial charge is 0.480 e. The molecule has 0 aromatic rings. The molecule has 0 bridgehead atoms. The number of ether oxygens (including phenoxy) is 1. The van der Waals surface area contributed by atoms with Crippen molar-refractivity contribution in [2.24, 2.45) is 0 Å². The lowest BCUT2D eigenvalue weighted by Gasteiger charge is -2.34. The first-order chi connectivity index (χ1) is 8.15. The smallest absolute Gasteiger partial charge is 0.317 e. The van der Waals surface area contributed by atoms with Gasteiger partial charge in [0.2, 0.25) is 0 Å². The zero-order valence-corrected chi connectivity index (χ0v) is 10.5. The third-order valence-corrected chi connectivity index (χ3v) is 2.88. The van der Waals surface area contributed by atoms with Crippen LogP contribution >= 0.6 is 0 Å². The van der Waals surface area contributed by atoms with Crippen LogP contribution in [0.25, 0.3) is 0 Å². The molecule has 1 fully saturated rings. The van der Waals surface area contributed by atoms with E-state index >= 15 is 0 Å². The molecule has 1 saturated heterocycles. The Bertz CT molecular complexity index is 258. The summed E-state index contributed by atoms with van der Waals surface area (Å²) in [5.41, 5.74) is 0. The van der Waals surface area contributed by atoms with E-state index in [1.165, 1.54) is 0 Å². The van der Waals surface area contributed by atoms with E-state index in [0.717, 1.165) is 26.2 Å². The van der Waals surface area contributed by atoms with Crippen molar-refractivity contribution in [3.63, 3.8) is 0 Å². The molecule has 17 heavy (non-hydrogen) atoms. The Morgan fingerprint density at radius 2 is 2.47 bits per heavy atom. The van der Waals surface area contributed by atoms with Crippen molar-refractivity contribution in [3.8, 4) is 0 Å². The Hall–Kier alpha value is -0.910. The summed E-state index contributed by atoms with van der Waals surface area (Å²) in [7, 11) is 0. The van der Waals surface area contributed by atoms with Gasteiger partial charge in [0, 0.05) is 26.2 Å². The molecule has 0 aromatic heterocycles. The van der Waals surface area contributed by atoms with Crippen LogP contribution in [-0.4, -0.2) is 72.9 Å². The first-order valence-corrected chi connectivity index (χ1v) is 6.04. The lowest BCUT2D eigenvalue weighted by atomic mass is 10.2. The minimum absolute atomic E-state index is 0.0397. The molecular weight excluding hydrogens is 220 g/mol. The van der Waals surface area contributed by atoms with Crippen LogP contribution in [0.1, 0.15) is 6.92 Å². The van der Waals surface area contributed by atoms with Gasteiger partial charge in [0.05, 0.1) is 19.3 Å². The monoisotopic (exact) mass is 242 g/mol. The highest BCUT2D eigenvalue weighted by Crippen LogP contribution is 2.06. The summed E-state index contributed by atoms with van der Waals surface area (Å²) >= 11 is 0. The SMILES string of the molecule is C=CCN(CC(=O)O)CC1CN(CC)CCO1. The summed E-state index contributed by atoms with van der Waals surface area (Å²) in [5.74, 6) is -0.810. The maximum atomic E-state index is 10.7. The van der Waals surface area contributed by atoms with Gasteiger partial charge in [-0.1, -0.05) is 13.0 Å². The molecule has 0 aliphatic carbocycles. The van der Waals surface area contributed by atoms with E-state index in [0.29, 0.717) is 13.1 Å². The van der Waals surface area contributed by atoms with Gasteiger partial charge in [0.15, 0.2) is 0 Å². The second-order valence-corrected chi connectivity index (χ2v) is 4.26. The number of hydrogen-bond donors (Lipinski definition) is 1.